The number of nitrogens with zero attached hydrogens (tertiary/aromatic N) is 3. The van der Waals surface area contributed by atoms with Gasteiger partial charge in [0.2, 0.25) is 0 Å². The van der Waals surface area contributed by atoms with Crippen LogP contribution in [0.3, 0.4) is 0 Å². The molecule has 0 saturated heterocycles. The third kappa shape index (κ3) is 2.07. The monoisotopic (exact) mass is 289 g/mol. The maximum Gasteiger partial charge on any atom is 0.348 e. The number of rotatable bonds is 2. The fourth-order valence-electron chi connectivity index (χ4n) is 2.29. The van der Waals surface area contributed by atoms with Gasteiger partial charge in [-0.2, -0.15) is 0 Å². The van der Waals surface area contributed by atoms with Crippen molar-refractivity contribution in [1.29, 1.82) is 0 Å². The number of fused-ring (bicyclic) bond motifs is 2. The molecule has 20 heavy (non-hydrogen) atoms. The predicted molar refractivity (Wildman–Crippen MR) is 75.2 cm³/mol. The number of ether oxygens (including phenoxy) is 2. The van der Waals surface area contributed by atoms with E-state index in [1.165, 1.54) is 18.4 Å². The molecular formula is C13H11N3O3S. The average Bonchev–Trinajstić information content (AvgIpc) is 2.87. The normalized spacial score (nSPS) is 16.9. The Morgan fingerprint density at radius 3 is 3.15 bits per heavy atom. The molecule has 0 fully saturated rings. The van der Waals surface area contributed by atoms with Crippen LogP contribution in [0.25, 0.3) is 20.5 Å². The van der Waals surface area contributed by atoms with E-state index in [2.05, 4.69) is 10.0 Å². The number of hydrogen-bond donors (Lipinski definition) is 0. The quantitative estimate of drug-likeness (QED) is 0.364. The summed E-state index contributed by atoms with van der Waals surface area (Å²) in [5.74, 6) is 0.371. The van der Waals surface area contributed by atoms with E-state index in [-0.39, 0.29) is 12.0 Å². The van der Waals surface area contributed by atoms with E-state index >= 15 is 0 Å². The van der Waals surface area contributed by atoms with Crippen molar-refractivity contribution in [1.82, 2.24) is 0 Å². The van der Waals surface area contributed by atoms with E-state index in [4.69, 9.17) is 15.0 Å². The van der Waals surface area contributed by atoms with Crippen molar-refractivity contribution in [2.75, 3.05) is 13.7 Å². The van der Waals surface area contributed by atoms with Crippen LogP contribution in [0.2, 0.25) is 0 Å². The lowest BCUT2D eigenvalue weighted by molar-refractivity contribution is 0.0606. The van der Waals surface area contributed by atoms with Crippen LogP contribution in [0.15, 0.2) is 23.3 Å². The van der Waals surface area contributed by atoms with Gasteiger partial charge in [0.05, 0.1) is 19.8 Å². The van der Waals surface area contributed by atoms with E-state index in [9.17, 15) is 4.79 Å². The molecule has 1 aromatic heterocycles. The Kier molecular flexibility index (Phi) is 3.22. The molecule has 0 N–H and O–H groups in total. The Hall–Kier alpha value is -2.24. The molecule has 1 unspecified atom stereocenters. The summed E-state index contributed by atoms with van der Waals surface area (Å²) in [4.78, 5) is 15.0. The van der Waals surface area contributed by atoms with Crippen LogP contribution < -0.4 is 4.74 Å². The molecule has 2 aromatic rings. The van der Waals surface area contributed by atoms with E-state index in [1.54, 1.807) is 6.07 Å². The highest BCUT2D eigenvalue weighted by atomic mass is 32.1. The first-order valence-electron chi connectivity index (χ1n) is 6.05. The van der Waals surface area contributed by atoms with Gasteiger partial charge in [-0.05, 0) is 35.5 Å². The fourth-order valence-corrected chi connectivity index (χ4v) is 3.28. The number of benzene rings is 1. The number of methoxy groups -OCH3 is 1. The summed E-state index contributed by atoms with van der Waals surface area (Å²) in [6.45, 7) is 0.525. The molecule has 1 aromatic carbocycles. The molecule has 1 aliphatic heterocycles. The van der Waals surface area contributed by atoms with Gasteiger partial charge in [-0.3, -0.25) is 0 Å². The summed E-state index contributed by atoms with van der Waals surface area (Å²) in [5, 5.41) is 4.73. The van der Waals surface area contributed by atoms with Crippen LogP contribution in [0.4, 0.5) is 0 Å². The highest BCUT2D eigenvalue weighted by Crippen LogP contribution is 2.40. The summed E-state index contributed by atoms with van der Waals surface area (Å²) in [5.41, 5.74) is 9.50. The maximum atomic E-state index is 11.6. The first-order chi connectivity index (χ1) is 9.72. The summed E-state index contributed by atoms with van der Waals surface area (Å²) in [6.07, 6.45) is 0.663. The minimum atomic E-state index is -0.350. The van der Waals surface area contributed by atoms with Gasteiger partial charge in [0.15, 0.2) is 0 Å². The molecule has 2 heterocycles. The fraction of sp³-hybridized carbons (Fsp3) is 0.308. The Labute approximate surface area is 118 Å². The second kappa shape index (κ2) is 5.03. The molecule has 0 amide bonds. The molecule has 1 aliphatic rings. The van der Waals surface area contributed by atoms with Crippen molar-refractivity contribution in [3.8, 4) is 5.75 Å². The molecule has 1 atom stereocenters. The molecule has 0 bridgehead atoms. The van der Waals surface area contributed by atoms with Crippen molar-refractivity contribution in [2.45, 2.75) is 12.5 Å². The zero-order valence-corrected chi connectivity index (χ0v) is 11.5. The minimum Gasteiger partial charge on any atom is -0.493 e. The largest absolute Gasteiger partial charge is 0.493 e. The van der Waals surface area contributed by atoms with Crippen LogP contribution in [-0.4, -0.2) is 19.7 Å². The van der Waals surface area contributed by atoms with Gasteiger partial charge in [-0.1, -0.05) is 5.11 Å². The van der Waals surface area contributed by atoms with E-state index < -0.39 is 0 Å². The lowest BCUT2D eigenvalue weighted by Crippen LogP contribution is -2.12. The van der Waals surface area contributed by atoms with Crippen molar-refractivity contribution in [2.24, 2.45) is 5.11 Å². The Balaban J connectivity index is 2.13. The Morgan fingerprint density at radius 2 is 2.40 bits per heavy atom. The first kappa shape index (κ1) is 12.8. The molecular weight excluding hydrogens is 278 g/mol. The molecule has 0 radical (unpaired) electrons. The van der Waals surface area contributed by atoms with Gasteiger partial charge < -0.3 is 9.47 Å². The van der Waals surface area contributed by atoms with E-state index in [1.807, 2.05) is 12.1 Å². The molecule has 7 heteroatoms. The van der Waals surface area contributed by atoms with Crippen LogP contribution >= 0.6 is 11.3 Å². The highest BCUT2D eigenvalue weighted by molar-refractivity contribution is 7.20. The summed E-state index contributed by atoms with van der Waals surface area (Å²) < 4.78 is 11.3. The molecule has 6 nitrogen and oxygen atoms in total. The van der Waals surface area contributed by atoms with E-state index in [0.717, 1.165) is 21.4 Å². The van der Waals surface area contributed by atoms with Gasteiger partial charge in [-0.15, -0.1) is 11.3 Å². The van der Waals surface area contributed by atoms with Crippen LogP contribution in [0.5, 0.6) is 5.75 Å². The second-order valence-electron chi connectivity index (χ2n) is 4.39. The summed E-state index contributed by atoms with van der Waals surface area (Å²) in [6, 6.07) is 5.38. The number of thiophene rings is 1. The molecule has 0 aliphatic carbocycles. The van der Waals surface area contributed by atoms with Gasteiger partial charge >= 0.3 is 5.97 Å². The summed E-state index contributed by atoms with van der Waals surface area (Å²) >= 11 is 1.36. The zero-order chi connectivity index (χ0) is 14.1. The zero-order valence-electron chi connectivity index (χ0n) is 10.7. The van der Waals surface area contributed by atoms with Gasteiger partial charge in [0, 0.05) is 15.2 Å². The highest BCUT2D eigenvalue weighted by Gasteiger charge is 2.22. The van der Waals surface area contributed by atoms with Crippen molar-refractivity contribution >= 4 is 27.4 Å². The SMILES string of the molecule is COC(=O)c1cc2cc3c(cc2s1)OCCC3N=[N+]=[N-]. The average molecular weight is 289 g/mol. The Bertz CT molecular complexity index is 734. The van der Waals surface area contributed by atoms with Gasteiger partial charge in [0.25, 0.3) is 0 Å². The van der Waals surface area contributed by atoms with Crippen molar-refractivity contribution < 1.29 is 14.3 Å². The van der Waals surface area contributed by atoms with Crippen molar-refractivity contribution in [3.63, 3.8) is 0 Å². The lowest BCUT2D eigenvalue weighted by Gasteiger charge is -2.22. The third-order valence-electron chi connectivity index (χ3n) is 3.23. The maximum absolute atomic E-state index is 11.6. The number of esters is 1. The summed E-state index contributed by atoms with van der Waals surface area (Å²) in [7, 11) is 1.36. The smallest absolute Gasteiger partial charge is 0.348 e. The van der Waals surface area contributed by atoms with Gasteiger partial charge in [0.1, 0.15) is 10.6 Å². The van der Waals surface area contributed by atoms with Gasteiger partial charge in [-0.25, -0.2) is 4.79 Å². The number of azide groups is 1. The standard InChI is InChI=1S/C13H11N3O3S/c1-18-13(17)12-5-7-4-8-9(15-16-14)2-3-19-10(8)6-11(7)20-12/h4-6,9H,2-3H2,1H3. The molecule has 0 spiro atoms. The first-order valence-corrected chi connectivity index (χ1v) is 6.87. The third-order valence-corrected chi connectivity index (χ3v) is 4.31. The number of hydrogen-bond acceptors (Lipinski definition) is 5. The number of carbonyl (C=O) groups is 1. The van der Waals surface area contributed by atoms with Crippen LogP contribution in [0.1, 0.15) is 27.7 Å². The van der Waals surface area contributed by atoms with Crippen LogP contribution in [0, 0.1) is 0 Å². The molecule has 0 saturated carbocycles. The number of carbonyl (C=O) groups excluding carboxylic acids is 1. The van der Waals surface area contributed by atoms with E-state index in [0.29, 0.717) is 17.9 Å². The van der Waals surface area contributed by atoms with Crippen molar-refractivity contribution in [3.05, 3.63) is 39.1 Å². The minimum absolute atomic E-state index is 0.213. The lowest BCUT2D eigenvalue weighted by atomic mass is 10.00. The van der Waals surface area contributed by atoms with Crippen LogP contribution in [-0.2, 0) is 4.74 Å². The Morgan fingerprint density at radius 1 is 1.55 bits per heavy atom. The predicted octanol–water partition coefficient (Wildman–Crippen LogP) is 3.82. The topological polar surface area (TPSA) is 84.3 Å². The molecule has 102 valence electrons. The molecule has 3 rings (SSSR count). The second-order valence-corrected chi connectivity index (χ2v) is 5.47.